The van der Waals surface area contributed by atoms with Crippen LogP contribution < -0.4 is 10.6 Å². The Morgan fingerprint density at radius 2 is 2.05 bits per heavy atom. The molecule has 1 unspecified atom stereocenters. The second-order valence-electron chi connectivity index (χ2n) is 5.96. The third-order valence-electron chi connectivity index (χ3n) is 2.60. The van der Waals surface area contributed by atoms with Gasteiger partial charge >= 0.3 is 0 Å². The van der Waals surface area contributed by atoms with Gasteiger partial charge in [0.05, 0.1) is 6.10 Å². The Morgan fingerprint density at radius 1 is 1.35 bits per heavy atom. The fourth-order valence-corrected chi connectivity index (χ4v) is 1.80. The third-order valence-corrected chi connectivity index (χ3v) is 2.60. The van der Waals surface area contributed by atoms with Gasteiger partial charge in [-0.1, -0.05) is 20.8 Å². The maximum atomic E-state index is 11.5. The Morgan fingerprint density at radius 3 is 2.55 bits per heavy atom. The van der Waals surface area contributed by atoms with Gasteiger partial charge in [0.1, 0.15) is 5.82 Å². The smallest absolute Gasteiger partial charge is 0.271 e. The first-order chi connectivity index (χ1) is 9.31. The van der Waals surface area contributed by atoms with Gasteiger partial charge in [-0.05, 0) is 30.9 Å². The van der Waals surface area contributed by atoms with E-state index in [2.05, 4.69) is 41.6 Å². The molecule has 0 saturated heterocycles. The summed E-state index contributed by atoms with van der Waals surface area (Å²) in [4.78, 5) is 11.5. The van der Waals surface area contributed by atoms with E-state index in [9.17, 15) is 9.90 Å². The van der Waals surface area contributed by atoms with Gasteiger partial charge in [0.25, 0.3) is 5.91 Å². The van der Waals surface area contributed by atoms with Gasteiger partial charge < -0.3 is 15.7 Å². The van der Waals surface area contributed by atoms with Crippen molar-refractivity contribution in [1.29, 1.82) is 0 Å². The zero-order valence-corrected chi connectivity index (χ0v) is 12.6. The fraction of sp³-hybridized carbons (Fsp3) is 0.643. The molecule has 1 atom stereocenters. The van der Waals surface area contributed by atoms with E-state index in [0.29, 0.717) is 25.3 Å². The predicted octanol–water partition coefficient (Wildman–Crippen LogP) is 1.44. The van der Waals surface area contributed by atoms with E-state index < -0.39 is 6.10 Å². The Balaban J connectivity index is 2.48. The molecule has 112 valence electrons. The van der Waals surface area contributed by atoms with E-state index in [4.69, 9.17) is 0 Å². The number of nitrogens with zero attached hydrogens (tertiary/aromatic N) is 2. The highest BCUT2D eigenvalue weighted by molar-refractivity contribution is 5.92. The number of hydrogen-bond acceptors (Lipinski definition) is 5. The lowest BCUT2D eigenvalue weighted by Crippen LogP contribution is -2.26. The van der Waals surface area contributed by atoms with Crippen LogP contribution in [0.2, 0.25) is 0 Å². The van der Waals surface area contributed by atoms with Gasteiger partial charge in [-0.2, -0.15) is 0 Å². The number of carbonyl (C=O) groups excluding carboxylic acids is 1. The molecular formula is C14H24N4O2. The first-order valence-electron chi connectivity index (χ1n) is 6.85. The molecule has 0 aliphatic carbocycles. The summed E-state index contributed by atoms with van der Waals surface area (Å²) >= 11 is 0. The number of hydrogen-bond donors (Lipinski definition) is 3. The van der Waals surface area contributed by atoms with E-state index in [-0.39, 0.29) is 17.0 Å². The molecule has 1 rings (SSSR count). The number of rotatable bonds is 6. The summed E-state index contributed by atoms with van der Waals surface area (Å²) in [6.07, 6.45) is 0.254. The van der Waals surface area contributed by atoms with Crippen molar-refractivity contribution in [3.63, 3.8) is 0 Å². The summed E-state index contributed by atoms with van der Waals surface area (Å²) in [5, 5.41) is 23.3. The molecule has 1 aromatic rings. The minimum absolute atomic E-state index is 0.0782. The molecule has 0 spiro atoms. The molecule has 0 aliphatic rings. The first kappa shape index (κ1) is 16.4. The normalized spacial score (nSPS) is 12.8. The van der Waals surface area contributed by atoms with Gasteiger partial charge in [-0.3, -0.25) is 4.79 Å². The number of nitrogens with one attached hydrogen (secondary N) is 2. The van der Waals surface area contributed by atoms with Gasteiger partial charge in [0.2, 0.25) is 0 Å². The molecule has 1 heterocycles. The van der Waals surface area contributed by atoms with Crippen molar-refractivity contribution < 1.29 is 9.90 Å². The summed E-state index contributed by atoms with van der Waals surface area (Å²) in [6.45, 7) is 9.05. The van der Waals surface area contributed by atoms with Crippen LogP contribution in [0.4, 0.5) is 5.82 Å². The molecule has 0 bridgehead atoms. The van der Waals surface area contributed by atoms with E-state index in [1.54, 1.807) is 12.1 Å². The number of carbonyl (C=O) groups is 1. The van der Waals surface area contributed by atoms with Crippen molar-refractivity contribution in [3.8, 4) is 0 Å². The number of anilines is 1. The molecule has 3 N–H and O–H groups in total. The van der Waals surface area contributed by atoms with Crippen LogP contribution >= 0.6 is 0 Å². The largest absolute Gasteiger partial charge is 0.391 e. The zero-order valence-electron chi connectivity index (χ0n) is 12.6. The lowest BCUT2D eigenvalue weighted by Gasteiger charge is -2.22. The van der Waals surface area contributed by atoms with Crippen molar-refractivity contribution >= 4 is 11.7 Å². The second kappa shape index (κ2) is 7.19. The Kier molecular flexibility index (Phi) is 5.88. The van der Waals surface area contributed by atoms with Crippen LogP contribution in [0.3, 0.4) is 0 Å². The predicted molar refractivity (Wildman–Crippen MR) is 78.6 cm³/mol. The van der Waals surface area contributed by atoms with Crippen molar-refractivity contribution in [1.82, 2.24) is 15.5 Å². The monoisotopic (exact) mass is 280 g/mol. The lowest BCUT2D eigenvalue weighted by atomic mass is 9.89. The summed E-state index contributed by atoms with van der Waals surface area (Å²) in [7, 11) is 0. The van der Waals surface area contributed by atoms with E-state index in [1.807, 2.05) is 6.92 Å². The van der Waals surface area contributed by atoms with Crippen LogP contribution in [-0.2, 0) is 0 Å². The molecular weight excluding hydrogens is 256 g/mol. The number of amides is 1. The molecule has 0 fully saturated rings. The average molecular weight is 280 g/mol. The fourth-order valence-electron chi connectivity index (χ4n) is 1.80. The van der Waals surface area contributed by atoms with Crippen LogP contribution in [0, 0.1) is 5.41 Å². The van der Waals surface area contributed by atoms with Crippen molar-refractivity contribution in [2.45, 2.75) is 40.2 Å². The molecule has 0 aliphatic heterocycles. The van der Waals surface area contributed by atoms with Crippen LogP contribution in [-0.4, -0.2) is 40.4 Å². The molecule has 6 nitrogen and oxygen atoms in total. The van der Waals surface area contributed by atoms with Crippen LogP contribution in [0.5, 0.6) is 0 Å². The highest BCUT2D eigenvalue weighted by Crippen LogP contribution is 2.20. The minimum atomic E-state index is -0.445. The Hall–Kier alpha value is -1.69. The molecule has 0 radical (unpaired) electrons. The minimum Gasteiger partial charge on any atom is -0.391 e. The number of aromatic nitrogens is 2. The number of aliphatic hydroxyl groups excluding tert-OH is 1. The molecule has 20 heavy (non-hydrogen) atoms. The highest BCUT2D eigenvalue weighted by atomic mass is 16.3. The maximum absolute atomic E-state index is 11.5. The third kappa shape index (κ3) is 5.97. The van der Waals surface area contributed by atoms with Crippen LogP contribution in [0.15, 0.2) is 12.1 Å². The van der Waals surface area contributed by atoms with Crippen molar-refractivity contribution in [2.75, 3.05) is 18.4 Å². The van der Waals surface area contributed by atoms with Crippen LogP contribution in [0.25, 0.3) is 0 Å². The molecule has 1 amide bonds. The quantitative estimate of drug-likeness (QED) is 0.734. The average Bonchev–Trinajstić information content (AvgIpc) is 2.35. The summed E-state index contributed by atoms with van der Waals surface area (Å²) in [6, 6.07) is 3.29. The highest BCUT2D eigenvalue weighted by Gasteiger charge is 2.16. The van der Waals surface area contributed by atoms with Crippen LogP contribution in [0.1, 0.15) is 44.6 Å². The Labute approximate surface area is 120 Å². The standard InChI is InChI=1S/C14H24N4O2/c1-5-15-13(20)11-6-7-12(18-17-11)16-9-10(19)8-14(2,3)4/h6-7,10,19H,5,8-9H2,1-4H3,(H,15,20)(H,16,18). The maximum Gasteiger partial charge on any atom is 0.271 e. The van der Waals surface area contributed by atoms with E-state index >= 15 is 0 Å². The van der Waals surface area contributed by atoms with Crippen molar-refractivity contribution in [2.24, 2.45) is 5.41 Å². The van der Waals surface area contributed by atoms with E-state index in [1.165, 1.54) is 0 Å². The van der Waals surface area contributed by atoms with Gasteiger partial charge in [0.15, 0.2) is 5.69 Å². The Bertz CT molecular complexity index is 426. The van der Waals surface area contributed by atoms with Gasteiger partial charge in [0, 0.05) is 13.1 Å². The summed E-state index contributed by atoms with van der Waals surface area (Å²) < 4.78 is 0. The summed E-state index contributed by atoms with van der Waals surface area (Å²) in [5.74, 6) is 0.310. The SMILES string of the molecule is CCNC(=O)c1ccc(NCC(O)CC(C)(C)C)nn1. The molecule has 1 aromatic heterocycles. The zero-order chi connectivity index (χ0) is 15.2. The number of aliphatic hydroxyl groups is 1. The lowest BCUT2D eigenvalue weighted by molar-refractivity contribution is 0.0949. The molecule has 0 saturated carbocycles. The second-order valence-corrected chi connectivity index (χ2v) is 5.96. The molecule has 6 heteroatoms. The van der Waals surface area contributed by atoms with Gasteiger partial charge in [-0.25, -0.2) is 0 Å². The topological polar surface area (TPSA) is 87.1 Å². The van der Waals surface area contributed by atoms with Gasteiger partial charge in [-0.15, -0.1) is 10.2 Å². The van der Waals surface area contributed by atoms with Crippen molar-refractivity contribution in [3.05, 3.63) is 17.8 Å². The first-order valence-corrected chi connectivity index (χ1v) is 6.85. The van der Waals surface area contributed by atoms with E-state index in [0.717, 1.165) is 0 Å². The molecule has 0 aromatic carbocycles. The summed E-state index contributed by atoms with van der Waals surface area (Å²) in [5.41, 5.74) is 0.363.